The van der Waals surface area contributed by atoms with Crippen molar-refractivity contribution < 1.29 is 20.1 Å². The fourth-order valence-corrected chi connectivity index (χ4v) is 10.5. The van der Waals surface area contributed by atoms with Crippen molar-refractivity contribution >= 4 is 7.92 Å². The maximum atomic E-state index is 1.63. The predicted molar refractivity (Wildman–Crippen MR) is 95.3 cm³/mol. The molecule has 125 valence electrons. The Morgan fingerprint density at radius 1 is 0.429 bits per heavy atom. The zero-order chi connectivity index (χ0) is 12.9. The number of hydrogen-bond donors (Lipinski definition) is 0. The average molecular weight is 489 g/mol. The van der Waals surface area contributed by atoms with E-state index < -0.39 is 0 Å². The molecule has 0 aliphatic heterocycles. The van der Waals surface area contributed by atoms with Crippen LogP contribution in [-0.2, 0) is 20.1 Å². The number of rotatable bonds is 3. The molecule has 0 atom stereocenters. The van der Waals surface area contributed by atoms with Crippen LogP contribution in [-0.4, -0.2) is 17.0 Å². The summed E-state index contributed by atoms with van der Waals surface area (Å²) in [7, 11) is -0.0465. The summed E-state index contributed by atoms with van der Waals surface area (Å²) in [5.41, 5.74) is 3.68. The molecule has 1 radical (unpaired) electrons. The van der Waals surface area contributed by atoms with Crippen molar-refractivity contribution in [3.63, 3.8) is 0 Å². The molecule has 3 aliphatic carbocycles. The molecule has 3 rings (SSSR count). The zero-order valence-corrected chi connectivity index (χ0v) is 17.6. The van der Waals surface area contributed by atoms with Gasteiger partial charge in [-0.25, -0.2) is 0 Å². The van der Waals surface area contributed by atoms with E-state index in [4.69, 9.17) is 0 Å². The molecule has 3 saturated carbocycles. The largest absolute Gasteiger partial charge is 0.0680 e. The van der Waals surface area contributed by atoms with Crippen molar-refractivity contribution in [3.05, 3.63) is 7.43 Å². The molecular formula is C19H37IrP+2. The van der Waals surface area contributed by atoms with Crippen LogP contribution < -0.4 is 0 Å². The number of hydrogen-bond acceptors (Lipinski definition) is 0. The van der Waals surface area contributed by atoms with E-state index in [1.807, 2.05) is 0 Å². The third-order valence-corrected chi connectivity index (χ3v) is 10.8. The predicted octanol–water partition coefficient (Wildman–Crippen LogP) is 6.65. The van der Waals surface area contributed by atoms with Gasteiger partial charge in [0.05, 0.1) is 17.0 Å². The Balaban J connectivity index is 0.00000110. The molecule has 0 aromatic carbocycles. The topological polar surface area (TPSA) is 0 Å². The maximum Gasteiger partial charge on any atom is 0.0680 e. The van der Waals surface area contributed by atoms with E-state index in [9.17, 15) is 0 Å². The molecule has 2 heteroatoms. The maximum absolute atomic E-state index is 1.63. The molecule has 0 amide bonds. The molecular weight excluding hydrogens is 451 g/mol. The summed E-state index contributed by atoms with van der Waals surface area (Å²) >= 11 is 0. The Bertz CT molecular complexity index is 207. The van der Waals surface area contributed by atoms with Gasteiger partial charge in [0.15, 0.2) is 0 Å². The van der Waals surface area contributed by atoms with Gasteiger partial charge in [-0.2, -0.15) is 0 Å². The molecule has 0 saturated heterocycles. The summed E-state index contributed by atoms with van der Waals surface area (Å²) in [6, 6.07) is 0. The molecule has 3 aliphatic rings. The molecule has 21 heavy (non-hydrogen) atoms. The van der Waals surface area contributed by atoms with Crippen LogP contribution in [0.1, 0.15) is 96.3 Å². The van der Waals surface area contributed by atoms with E-state index in [-0.39, 0.29) is 35.5 Å². The van der Waals surface area contributed by atoms with Gasteiger partial charge in [-0.15, -0.1) is 0 Å². The SMILES string of the molecule is C1CCC([PH+](C2CCCCC2)C2CCCCC2)CC1.[CH3+].[Ir]. The van der Waals surface area contributed by atoms with Crippen LogP contribution in [0.2, 0.25) is 0 Å². The summed E-state index contributed by atoms with van der Waals surface area (Å²) in [4.78, 5) is 0. The summed E-state index contributed by atoms with van der Waals surface area (Å²) in [5, 5.41) is 0. The van der Waals surface area contributed by atoms with Crippen molar-refractivity contribution in [2.45, 2.75) is 113 Å². The van der Waals surface area contributed by atoms with Gasteiger partial charge in [0.25, 0.3) is 0 Å². The van der Waals surface area contributed by atoms with E-state index in [0.717, 1.165) is 0 Å². The van der Waals surface area contributed by atoms with E-state index in [1.54, 1.807) is 96.3 Å². The minimum atomic E-state index is -0.0465. The fourth-order valence-electron chi connectivity index (χ4n) is 5.31. The minimum Gasteiger partial charge on any atom is -0.0530 e. The summed E-state index contributed by atoms with van der Waals surface area (Å²) < 4.78 is 0. The van der Waals surface area contributed by atoms with E-state index in [2.05, 4.69) is 0 Å². The van der Waals surface area contributed by atoms with Gasteiger partial charge in [-0.05, 0) is 77.0 Å². The zero-order valence-electron chi connectivity index (χ0n) is 14.2. The van der Waals surface area contributed by atoms with Gasteiger partial charge in [-0.3, -0.25) is 0 Å². The first-order valence-electron chi connectivity index (χ1n) is 9.32. The second-order valence-electron chi connectivity index (χ2n) is 7.50. The van der Waals surface area contributed by atoms with E-state index in [1.165, 1.54) is 17.0 Å². The third-order valence-electron chi connectivity index (χ3n) is 6.23. The van der Waals surface area contributed by atoms with Gasteiger partial charge in [0.2, 0.25) is 0 Å². The van der Waals surface area contributed by atoms with Crippen LogP contribution >= 0.6 is 7.92 Å². The molecule has 0 bridgehead atoms. The molecule has 0 unspecified atom stereocenters. The Labute approximate surface area is 148 Å². The van der Waals surface area contributed by atoms with Crippen molar-refractivity contribution in [3.8, 4) is 0 Å². The Morgan fingerprint density at radius 2 is 0.667 bits per heavy atom. The summed E-state index contributed by atoms with van der Waals surface area (Å²) in [6.45, 7) is 0. The Morgan fingerprint density at radius 3 is 0.905 bits per heavy atom. The fraction of sp³-hybridized carbons (Fsp3) is 0.947. The summed E-state index contributed by atoms with van der Waals surface area (Å²) in [5.74, 6) is 0. The molecule has 0 aromatic rings. The molecule has 0 N–H and O–H groups in total. The van der Waals surface area contributed by atoms with Crippen LogP contribution in [0.25, 0.3) is 0 Å². The Kier molecular flexibility index (Phi) is 10.2. The average Bonchev–Trinajstić information content (AvgIpc) is 2.51. The van der Waals surface area contributed by atoms with Crippen LogP contribution in [0.4, 0.5) is 0 Å². The van der Waals surface area contributed by atoms with Crippen LogP contribution in [0.3, 0.4) is 0 Å². The smallest absolute Gasteiger partial charge is 0.0530 e. The normalized spacial score (nSPS) is 26.1. The minimum absolute atomic E-state index is 0. The first-order valence-corrected chi connectivity index (χ1v) is 11.0. The standard InChI is InChI=1S/C18H33P.CH3.Ir/c1-4-10-16(11-5-1)19(17-12-6-2-7-13-17)18-14-8-3-9-15-18;;/h16-18H,1-15H2;1H3;/q;+1;/p+1. The quantitative estimate of drug-likeness (QED) is 0.308. The second kappa shape index (κ2) is 10.7. The van der Waals surface area contributed by atoms with Gasteiger partial charge in [0.1, 0.15) is 0 Å². The molecule has 0 aromatic heterocycles. The first-order chi connectivity index (χ1) is 9.45. The van der Waals surface area contributed by atoms with Gasteiger partial charge >= 0.3 is 0 Å². The van der Waals surface area contributed by atoms with Gasteiger partial charge in [0, 0.05) is 35.5 Å². The van der Waals surface area contributed by atoms with Crippen LogP contribution in [0.5, 0.6) is 0 Å². The Hall–Kier alpha value is 0.949. The van der Waals surface area contributed by atoms with E-state index in [0.29, 0.717) is 0 Å². The molecule has 0 nitrogen and oxygen atoms in total. The third kappa shape index (κ3) is 5.51. The van der Waals surface area contributed by atoms with E-state index >= 15 is 0 Å². The molecule has 0 spiro atoms. The summed E-state index contributed by atoms with van der Waals surface area (Å²) in [6.07, 6.45) is 23.8. The van der Waals surface area contributed by atoms with Crippen molar-refractivity contribution in [1.82, 2.24) is 0 Å². The molecule has 3 fully saturated rings. The van der Waals surface area contributed by atoms with Crippen molar-refractivity contribution in [2.75, 3.05) is 0 Å². The second-order valence-corrected chi connectivity index (χ2v) is 11.0. The van der Waals surface area contributed by atoms with Crippen LogP contribution in [0, 0.1) is 7.43 Å². The van der Waals surface area contributed by atoms with Crippen molar-refractivity contribution in [2.24, 2.45) is 0 Å². The van der Waals surface area contributed by atoms with Crippen LogP contribution in [0.15, 0.2) is 0 Å². The van der Waals surface area contributed by atoms with Gasteiger partial charge in [-0.1, -0.05) is 19.3 Å². The van der Waals surface area contributed by atoms with Gasteiger partial charge < -0.3 is 0 Å². The monoisotopic (exact) mass is 489 g/mol. The van der Waals surface area contributed by atoms with Crippen molar-refractivity contribution in [1.29, 1.82) is 0 Å². The molecule has 0 heterocycles. The first kappa shape index (κ1) is 20.0.